The lowest BCUT2D eigenvalue weighted by Crippen LogP contribution is -2.29. The normalized spacial score (nSPS) is 14.9. The van der Waals surface area contributed by atoms with E-state index in [2.05, 4.69) is 34.5 Å². The van der Waals surface area contributed by atoms with Crippen LogP contribution in [0, 0.1) is 19.7 Å². The van der Waals surface area contributed by atoms with Crippen molar-refractivity contribution in [1.82, 2.24) is 10.2 Å². The highest BCUT2D eigenvalue weighted by Gasteiger charge is 2.45. The molecule has 0 bridgehead atoms. The zero-order valence-electron chi connectivity index (χ0n) is 19.9. The second kappa shape index (κ2) is 9.24. The fourth-order valence-electron chi connectivity index (χ4n) is 4.43. The van der Waals surface area contributed by atoms with Gasteiger partial charge in [-0.05, 0) is 49.2 Å². The molecule has 0 aliphatic carbocycles. The summed E-state index contributed by atoms with van der Waals surface area (Å²) in [4.78, 5) is 28.8. The maximum absolute atomic E-state index is 13.8. The van der Waals surface area contributed by atoms with Crippen LogP contribution in [0.1, 0.15) is 44.4 Å². The van der Waals surface area contributed by atoms with Gasteiger partial charge in [-0.15, -0.1) is 10.2 Å². The van der Waals surface area contributed by atoms with Crippen molar-refractivity contribution in [2.45, 2.75) is 30.0 Å². The van der Waals surface area contributed by atoms with E-state index in [1.807, 2.05) is 19.9 Å². The predicted molar refractivity (Wildman–Crippen MR) is 143 cm³/mol. The smallest absolute Gasteiger partial charge is 0.297 e. The van der Waals surface area contributed by atoms with Crippen molar-refractivity contribution in [3.63, 3.8) is 0 Å². The first kappa shape index (κ1) is 23.6. The van der Waals surface area contributed by atoms with Crippen LogP contribution in [0.2, 0.25) is 0 Å². The Labute approximate surface area is 219 Å². The van der Waals surface area contributed by atoms with Crippen LogP contribution in [-0.4, -0.2) is 16.1 Å². The Balaban J connectivity index is 1.42. The number of fused-ring (bicyclic) bond motifs is 2. The Bertz CT molecular complexity index is 1710. The first-order valence-corrected chi connectivity index (χ1v) is 13.4. The first-order chi connectivity index (χ1) is 17.9. The summed E-state index contributed by atoms with van der Waals surface area (Å²) in [6.45, 7) is 3.93. The minimum atomic E-state index is -0.813. The Hall–Kier alpha value is -3.82. The molecule has 3 heterocycles. The molecule has 9 heteroatoms. The monoisotopic (exact) mass is 529 g/mol. The summed E-state index contributed by atoms with van der Waals surface area (Å²) in [7, 11) is 0. The van der Waals surface area contributed by atoms with Gasteiger partial charge in [0.2, 0.25) is 10.9 Å². The quantitative estimate of drug-likeness (QED) is 0.193. The number of aromatic nitrogens is 2. The molecule has 3 aromatic carbocycles. The lowest BCUT2D eigenvalue weighted by molar-refractivity contribution is 0.0970. The largest absolute Gasteiger partial charge is 0.450 e. The third-order valence-corrected chi connectivity index (χ3v) is 8.42. The van der Waals surface area contributed by atoms with Crippen LogP contribution in [0.15, 0.2) is 80.3 Å². The van der Waals surface area contributed by atoms with Gasteiger partial charge in [0.15, 0.2) is 9.77 Å². The standard InChI is InChI=1S/C28H20FN3O3S2/c1-15-3-6-17(7-4-15)14-36-28-31-30-27(37-28)32-23(18-8-10-19(29)11-9-18)22-24(33)20-13-16(2)5-12-21(20)35-25(22)26(32)34/h3-13,23H,14H2,1-2H3/t23-/m1/s1. The molecule has 6 nitrogen and oxygen atoms in total. The molecular formula is C28H20FN3O3S2. The Kier molecular flexibility index (Phi) is 5.89. The number of benzene rings is 3. The maximum Gasteiger partial charge on any atom is 0.297 e. The summed E-state index contributed by atoms with van der Waals surface area (Å²) in [5.74, 6) is -0.212. The fourth-order valence-corrected chi connectivity index (χ4v) is 6.26. The number of halogens is 1. The molecule has 37 heavy (non-hydrogen) atoms. The maximum atomic E-state index is 13.8. The zero-order valence-corrected chi connectivity index (χ0v) is 21.5. The molecule has 0 fully saturated rings. The number of rotatable bonds is 5. The number of anilines is 1. The van der Waals surface area contributed by atoms with Crippen LogP contribution in [0.4, 0.5) is 9.52 Å². The van der Waals surface area contributed by atoms with Crippen molar-refractivity contribution in [2.75, 3.05) is 4.90 Å². The molecule has 1 aliphatic heterocycles. The molecule has 2 aromatic heterocycles. The highest BCUT2D eigenvalue weighted by atomic mass is 32.2. The van der Waals surface area contributed by atoms with Crippen LogP contribution < -0.4 is 10.3 Å². The molecule has 184 valence electrons. The zero-order chi connectivity index (χ0) is 25.7. The molecule has 5 aromatic rings. The van der Waals surface area contributed by atoms with Crippen molar-refractivity contribution >= 4 is 45.1 Å². The first-order valence-electron chi connectivity index (χ1n) is 11.6. The lowest BCUT2D eigenvalue weighted by Gasteiger charge is -2.22. The van der Waals surface area contributed by atoms with Crippen molar-refractivity contribution < 1.29 is 13.6 Å². The van der Waals surface area contributed by atoms with Crippen molar-refractivity contribution in [3.05, 3.63) is 116 Å². The van der Waals surface area contributed by atoms with Gasteiger partial charge >= 0.3 is 0 Å². The van der Waals surface area contributed by atoms with E-state index < -0.39 is 17.8 Å². The van der Waals surface area contributed by atoms with E-state index in [1.165, 1.54) is 45.7 Å². The molecule has 0 saturated heterocycles. The van der Waals surface area contributed by atoms with Crippen LogP contribution in [0.5, 0.6) is 0 Å². The Morgan fingerprint density at radius 2 is 1.70 bits per heavy atom. The fraction of sp³-hybridized carbons (Fsp3) is 0.143. The molecule has 0 saturated carbocycles. The molecule has 1 amide bonds. The van der Waals surface area contributed by atoms with Gasteiger partial charge in [-0.1, -0.05) is 76.7 Å². The molecule has 1 atom stereocenters. The van der Waals surface area contributed by atoms with E-state index in [4.69, 9.17) is 4.42 Å². The SMILES string of the molecule is Cc1ccc(CSc2nnc(N3C(=O)c4oc5ccc(C)cc5c(=O)c4[C@H]3c3ccc(F)cc3)s2)cc1. The van der Waals surface area contributed by atoms with E-state index in [0.717, 1.165) is 11.1 Å². The van der Waals surface area contributed by atoms with Crippen molar-refractivity contribution in [1.29, 1.82) is 0 Å². The van der Waals surface area contributed by atoms with Crippen LogP contribution in [0.3, 0.4) is 0 Å². The number of nitrogens with zero attached hydrogens (tertiary/aromatic N) is 3. The molecule has 0 radical (unpaired) electrons. The predicted octanol–water partition coefficient (Wildman–Crippen LogP) is 6.44. The number of hydrogen-bond donors (Lipinski definition) is 0. The number of carbonyl (C=O) groups is 1. The second-order valence-corrected chi connectivity index (χ2v) is 11.1. The number of aryl methyl sites for hydroxylation is 2. The van der Waals surface area contributed by atoms with Crippen molar-refractivity contribution in [2.24, 2.45) is 0 Å². The second-order valence-electron chi connectivity index (χ2n) is 8.93. The summed E-state index contributed by atoms with van der Waals surface area (Å²) in [6, 6.07) is 18.5. The third kappa shape index (κ3) is 4.24. The van der Waals surface area contributed by atoms with Gasteiger partial charge in [-0.25, -0.2) is 4.39 Å². The summed E-state index contributed by atoms with van der Waals surface area (Å²) < 4.78 is 20.4. The van der Waals surface area contributed by atoms with Gasteiger partial charge in [0, 0.05) is 5.75 Å². The van der Waals surface area contributed by atoms with Gasteiger partial charge in [-0.2, -0.15) is 0 Å². The molecule has 1 aliphatic rings. The van der Waals surface area contributed by atoms with E-state index in [0.29, 0.717) is 31.8 Å². The highest BCUT2D eigenvalue weighted by Crippen LogP contribution is 2.43. The van der Waals surface area contributed by atoms with Gasteiger partial charge in [0.05, 0.1) is 17.0 Å². The Morgan fingerprint density at radius 1 is 0.973 bits per heavy atom. The molecule has 0 N–H and O–H groups in total. The number of hydrogen-bond acceptors (Lipinski definition) is 7. The summed E-state index contributed by atoms with van der Waals surface area (Å²) in [6.07, 6.45) is 0. The van der Waals surface area contributed by atoms with Gasteiger partial charge in [0.25, 0.3) is 5.91 Å². The highest BCUT2D eigenvalue weighted by molar-refractivity contribution is 8.00. The minimum absolute atomic E-state index is 0.0280. The van der Waals surface area contributed by atoms with Gasteiger partial charge < -0.3 is 4.42 Å². The number of thioether (sulfide) groups is 1. The van der Waals surface area contributed by atoms with Gasteiger partial charge in [0.1, 0.15) is 11.4 Å². The van der Waals surface area contributed by atoms with Crippen LogP contribution in [-0.2, 0) is 5.75 Å². The minimum Gasteiger partial charge on any atom is -0.450 e. The lowest BCUT2D eigenvalue weighted by atomic mass is 9.98. The molecule has 0 unspecified atom stereocenters. The summed E-state index contributed by atoms with van der Waals surface area (Å²) in [5, 5.41) is 9.33. The van der Waals surface area contributed by atoms with E-state index in [9.17, 15) is 14.0 Å². The Morgan fingerprint density at radius 3 is 2.46 bits per heavy atom. The molecular weight excluding hydrogens is 509 g/mol. The topological polar surface area (TPSA) is 76.3 Å². The summed E-state index contributed by atoms with van der Waals surface area (Å²) in [5.41, 5.74) is 4.10. The average molecular weight is 530 g/mol. The van der Waals surface area contributed by atoms with E-state index >= 15 is 0 Å². The van der Waals surface area contributed by atoms with E-state index in [-0.39, 0.29) is 16.8 Å². The number of amides is 1. The van der Waals surface area contributed by atoms with Crippen molar-refractivity contribution in [3.8, 4) is 0 Å². The van der Waals surface area contributed by atoms with Gasteiger partial charge in [-0.3, -0.25) is 14.5 Å². The van der Waals surface area contributed by atoms with E-state index in [1.54, 1.807) is 24.3 Å². The third-order valence-electron chi connectivity index (χ3n) is 6.30. The molecule has 6 rings (SSSR count). The van der Waals surface area contributed by atoms with Crippen LogP contribution in [0.25, 0.3) is 11.0 Å². The number of carbonyl (C=O) groups excluding carboxylic acids is 1. The average Bonchev–Trinajstić information content (AvgIpc) is 3.47. The molecule has 0 spiro atoms. The van der Waals surface area contributed by atoms with Crippen LogP contribution >= 0.6 is 23.1 Å². The summed E-state index contributed by atoms with van der Waals surface area (Å²) >= 11 is 2.79.